The monoisotopic (exact) mass is 235 g/mol. The number of hydrogen-bond donors (Lipinski definition) is 3. The van der Waals surface area contributed by atoms with Crippen molar-refractivity contribution in [1.82, 2.24) is 0 Å². The summed E-state index contributed by atoms with van der Waals surface area (Å²) >= 11 is 0. The van der Waals surface area contributed by atoms with E-state index in [1.165, 1.54) is 0 Å². The molecule has 0 saturated heterocycles. The van der Waals surface area contributed by atoms with E-state index in [0.717, 1.165) is 5.69 Å². The van der Waals surface area contributed by atoms with Gasteiger partial charge in [-0.3, -0.25) is 10.2 Å². The Bertz CT molecular complexity index is 399. The average Bonchev–Trinajstić information content (AvgIpc) is 2.28. The average molecular weight is 235 g/mol. The molecule has 0 radical (unpaired) electrons. The fraction of sp³-hybridized carbons (Fsp3) is 0.333. The number of carbonyl (C=O) groups is 1. The molecule has 0 atom stereocenters. The zero-order valence-corrected chi connectivity index (χ0v) is 9.99. The second-order valence-electron chi connectivity index (χ2n) is 3.98. The minimum Gasteiger partial charge on any atom is -0.486 e. The molecule has 0 aromatic heterocycles. The third kappa shape index (κ3) is 4.55. The standard InChI is InChI=1S/C12H17N3O2/c1-8(2)12(16)15-9-3-5-10(6-4-9)17-7-11(13)14/h3-6,8H,7H2,1-2H3,(H3,13,14)(H,15,16). The third-order valence-corrected chi connectivity index (χ3v) is 2.04. The highest BCUT2D eigenvalue weighted by molar-refractivity contribution is 5.92. The third-order valence-electron chi connectivity index (χ3n) is 2.04. The lowest BCUT2D eigenvalue weighted by Crippen LogP contribution is -2.19. The molecule has 5 nitrogen and oxygen atoms in total. The van der Waals surface area contributed by atoms with Gasteiger partial charge < -0.3 is 15.8 Å². The summed E-state index contributed by atoms with van der Waals surface area (Å²) in [5, 5.41) is 9.79. The molecule has 0 aliphatic heterocycles. The van der Waals surface area contributed by atoms with Crippen LogP contribution in [0.3, 0.4) is 0 Å². The molecule has 0 aliphatic rings. The minimum atomic E-state index is -0.0522. The van der Waals surface area contributed by atoms with Gasteiger partial charge in [0.05, 0.1) is 0 Å². The van der Waals surface area contributed by atoms with Gasteiger partial charge in [-0.1, -0.05) is 13.8 Å². The molecule has 0 aliphatic carbocycles. The van der Waals surface area contributed by atoms with Crippen LogP contribution in [0.5, 0.6) is 5.75 Å². The molecule has 17 heavy (non-hydrogen) atoms. The van der Waals surface area contributed by atoms with Crippen molar-refractivity contribution in [2.45, 2.75) is 13.8 Å². The molecule has 1 amide bonds. The molecule has 0 fully saturated rings. The maximum absolute atomic E-state index is 11.4. The quantitative estimate of drug-likeness (QED) is 0.535. The summed E-state index contributed by atoms with van der Waals surface area (Å²) in [6.07, 6.45) is 0. The van der Waals surface area contributed by atoms with Gasteiger partial charge in [-0.05, 0) is 24.3 Å². The first-order valence-electron chi connectivity index (χ1n) is 5.35. The first-order valence-corrected chi connectivity index (χ1v) is 5.35. The molecule has 0 saturated carbocycles. The van der Waals surface area contributed by atoms with Crippen LogP contribution in [0.25, 0.3) is 0 Å². The lowest BCUT2D eigenvalue weighted by atomic mass is 10.2. The minimum absolute atomic E-state index is 0.0256. The van der Waals surface area contributed by atoms with Crippen molar-refractivity contribution in [3.05, 3.63) is 24.3 Å². The van der Waals surface area contributed by atoms with Crippen molar-refractivity contribution < 1.29 is 9.53 Å². The second kappa shape index (κ2) is 5.89. The lowest BCUT2D eigenvalue weighted by molar-refractivity contribution is -0.118. The maximum Gasteiger partial charge on any atom is 0.226 e. The van der Waals surface area contributed by atoms with Crippen molar-refractivity contribution in [3.8, 4) is 5.75 Å². The van der Waals surface area contributed by atoms with E-state index in [1.807, 2.05) is 13.8 Å². The van der Waals surface area contributed by atoms with Crippen LogP contribution in [0, 0.1) is 11.3 Å². The summed E-state index contributed by atoms with van der Waals surface area (Å²) in [5.74, 6) is 0.510. The van der Waals surface area contributed by atoms with Crippen molar-refractivity contribution in [3.63, 3.8) is 0 Å². The van der Waals surface area contributed by atoms with Gasteiger partial charge in [-0.25, -0.2) is 0 Å². The number of benzene rings is 1. The zero-order valence-electron chi connectivity index (χ0n) is 9.99. The number of amides is 1. The fourth-order valence-corrected chi connectivity index (χ4v) is 1.08. The van der Waals surface area contributed by atoms with Gasteiger partial charge >= 0.3 is 0 Å². The normalized spacial score (nSPS) is 10.1. The number of anilines is 1. The molecule has 92 valence electrons. The van der Waals surface area contributed by atoms with Gasteiger partial charge in [0.1, 0.15) is 18.2 Å². The number of nitrogens with two attached hydrogens (primary N) is 1. The Morgan fingerprint density at radius 2 is 2.00 bits per heavy atom. The molecule has 1 aromatic carbocycles. The summed E-state index contributed by atoms with van der Waals surface area (Å²) in [4.78, 5) is 11.4. The van der Waals surface area contributed by atoms with E-state index < -0.39 is 0 Å². The largest absolute Gasteiger partial charge is 0.486 e. The SMILES string of the molecule is CC(C)C(=O)Nc1ccc(OCC(=N)N)cc1. The smallest absolute Gasteiger partial charge is 0.226 e. The fourth-order valence-electron chi connectivity index (χ4n) is 1.08. The number of hydrogen-bond acceptors (Lipinski definition) is 3. The number of amidine groups is 1. The summed E-state index contributed by atoms with van der Waals surface area (Å²) in [6, 6.07) is 6.93. The Kier molecular flexibility index (Phi) is 4.51. The number of rotatable bonds is 5. The van der Waals surface area contributed by atoms with Crippen LogP contribution in [0.1, 0.15) is 13.8 Å². The number of nitrogens with one attached hydrogen (secondary N) is 2. The van der Waals surface area contributed by atoms with Gasteiger partial charge in [-0.2, -0.15) is 0 Å². The Morgan fingerprint density at radius 3 is 2.47 bits per heavy atom. The predicted molar refractivity (Wildman–Crippen MR) is 67.3 cm³/mol. The van der Waals surface area contributed by atoms with Gasteiger partial charge in [0.15, 0.2) is 0 Å². The first-order chi connectivity index (χ1) is 7.99. The van der Waals surface area contributed by atoms with Crippen LogP contribution in [-0.2, 0) is 4.79 Å². The Labute approximate surface area is 100 Å². The second-order valence-corrected chi connectivity index (χ2v) is 3.98. The predicted octanol–water partition coefficient (Wildman–Crippen LogP) is 1.60. The van der Waals surface area contributed by atoms with Crippen molar-refractivity contribution in [2.75, 3.05) is 11.9 Å². The zero-order chi connectivity index (χ0) is 12.8. The van der Waals surface area contributed by atoms with E-state index in [-0.39, 0.29) is 24.3 Å². The Balaban J connectivity index is 2.56. The number of ether oxygens (including phenoxy) is 1. The van der Waals surface area contributed by atoms with Crippen molar-refractivity contribution in [2.24, 2.45) is 11.7 Å². The molecule has 0 bridgehead atoms. The summed E-state index contributed by atoms with van der Waals surface area (Å²) in [7, 11) is 0. The van der Waals surface area contributed by atoms with E-state index in [9.17, 15) is 4.79 Å². The van der Waals surface area contributed by atoms with E-state index in [4.69, 9.17) is 15.9 Å². The highest BCUT2D eigenvalue weighted by Crippen LogP contribution is 2.16. The van der Waals surface area contributed by atoms with Crippen LogP contribution in [-0.4, -0.2) is 18.3 Å². The summed E-state index contributed by atoms with van der Waals surface area (Å²) in [6.45, 7) is 3.73. The molecule has 1 aromatic rings. The highest BCUT2D eigenvalue weighted by atomic mass is 16.5. The Morgan fingerprint density at radius 1 is 1.41 bits per heavy atom. The molecule has 0 unspecified atom stereocenters. The molecule has 4 N–H and O–H groups in total. The van der Waals surface area contributed by atoms with E-state index >= 15 is 0 Å². The van der Waals surface area contributed by atoms with Crippen LogP contribution >= 0.6 is 0 Å². The first kappa shape index (κ1) is 13.0. The Hall–Kier alpha value is -2.04. The van der Waals surface area contributed by atoms with Crippen LogP contribution in [0.4, 0.5) is 5.69 Å². The van der Waals surface area contributed by atoms with Gasteiger partial charge in [0.2, 0.25) is 5.91 Å². The molecular formula is C12H17N3O2. The van der Waals surface area contributed by atoms with Crippen molar-refractivity contribution in [1.29, 1.82) is 5.41 Å². The maximum atomic E-state index is 11.4. The van der Waals surface area contributed by atoms with Gasteiger partial charge in [0, 0.05) is 11.6 Å². The van der Waals surface area contributed by atoms with Crippen molar-refractivity contribution >= 4 is 17.4 Å². The number of carbonyl (C=O) groups excluding carboxylic acids is 1. The highest BCUT2D eigenvalue weighted by Gasteiger charge is 2.06. The van der Waals surface area contributed by atoms with E-state index in [1.54, 1.807) is 24.3 Å². The summed E-state index contributed by atoms with van der Waals surface area (Å²) < 4.78 is 5.21. The molecule has 1 rings (SSSR count). The molecule has 5 heteroatoms. The van der Waals surface area contributed by atoms with E-state index in [2.05, 4.69) is 5.32 Å². The van der Waals surface area contributed by atoms with Crippen LogP contribution in [0.15, 0.2) is 24.3 Å². The van der Waals surface area contributed by atoms with Gasteiger partial charge in [-0.15, -0.1) is 0 Å². The molecule has 0 heterocycles. The molecular weight excluding hydrogens is 218 g/mol. The van der Waals surface area contributed by atoms with Gasteiger partial charge in [0.25, 0.3) is 0 Å². The van der Waals surface area contributed by atoms with E-state index in [0.29, 0.717) is 5.75 Å². The lowest BCUT2D eigenvalue weighted by Gasteiger charge is -2.09. The summed E-state index contributed by atoms with van der Waals surface area (Å²) in [5.41, 5.74) is 5.89. The van der Waals surface area contributed by atoms with Crippen LogP contribution in [0.2, 0.25) is 0 Å². The molecule has 0 spiro atoms. The topological polar surface area (TPSA) is 88.2 Å². The van der Waals surface area contributed by atoms with Crippen LogP contribution < -0.4 is 15.8 Å².